The zero-order valence-corrected chi connectivity index (χ0v) is 20.4. The molecule has 2 aromatic rings. The molecule has 1 aromatic heterocycles. The Bertz CT molecular complexity index is 860. The summed E-state index contributed by atoms with van der Waals surface area (Å²) in [7, 11) is 3.12. The second-order valence-electron chi connectivity index (χ2n) is 6.05. The van der Waals surface area contributed by atoms with E-state index in [4.69, 9.17) is 25.8 Å². The Kier molecular flexibility index (Phi) is 12.2. The molecule has 1 aromatic carbocycles. The highest BCUT2D eigenvalue weighted by atomic mass is 35.5. The van der Waals surface area contributed by atoms with Gasteiger partial charge in [0.25, 0.3) is 0 Å². The van der Waals surface area contributed by atoms with E-state index in [0.717, 1.165) is 5.56 Å². The van der Waals surface area contributed by atoms with Crippen LogP contribution >= 0.6 is 11.6 Å². The lowest BCUT2D eigenvalue weighted by Gasteiger charge is -2.28. The molecule has 32 heavy (non-hydrogen) atoms. The van der Waals surface area contributed by atoms with E-state index in [0.29, 0.717) is 43.5 Å². The summed E-state index contributed by atoms with van der Waals surface area (Å²) in [6, 6.07) is 6.88. The van der Waals surface area contributed by atoms with Gasteiger partial charge < -0.3 is 24.4 Å². The monoisotopic (exact) mass is 468 g/mol. The quantitative estimate of drug-likeness (QED) is 0.338. The largest absolute Gasteiger partial charge is 0.497 e. The third-order valence-corrected chi connectivity index (χ3v) is 4.61. The Labute approximate surface area is 194 Å². The summed E-state index contributed by atoms with van der Waals surface area (Å²) in [6.07, 6.45) is 0. The molecule has 1 aliphatic rings. The maximum absolute atomic E-state index is 11.8. The number of nitro groups is 1. The van der Waals surface area contributed by atoms with E-state index >= 15 is 0 Å². The third kappa shape index (κ3) is 7.13. The lowest BCUT2D eigenvalue weighted by Crippen LogP contribution is -2.36. The van der Waals surface area contributed by atoms with E-state index in [9.17, 15) is 10.1 Å². The molecule has 9 nitrogen and oxygen atoms in total. The zero-order chi connectivity index (χ0) is 24.1. The van der Waals surface area contributed by atoms with Crippen molar-refractivity contribution in [3.63, 3.8) is 0 Å². The smallest absolute Gasteiger partial charge is 0.334 e. The van der Waals surface area contributed by atoms with Crippen LogP contribution in [0.3, 0.4) is 0 Å². The summed E-state index contributed by atoms with van der Waals surface area (Å²) in [4.78, 5) is 17.4. The van der Waals surface area contributed by atoms with Crippen LogP contribution in [0.15, 0.2) is 24.3 Å². The van der Waals surface area contributed by atoms with Crippen molar-refractivity contribution in [2.24, 2.45) is 0 Å². The maximum atomic E-state index is 11.8. The highest BCUT2D eigenvalue weighted by Crippen LogP contribution is 2.37. The van der Waals surface area contributed by atoms with Gasteiger partial charge in [0.05, 0.1) is 32.4 Å². The highest BCUT2D eigenvalue weighted by molar-refractivity contribution is 6.30. The average Bonchev–Trinajstić information content (AvgIpc) is 2.85. The van der Waals surface area contributed by atoms with Gasteiger partial charge in [-0.2, -0.15) is 0 Å². The van der Waals surface area contributed by atoms with Crippen molar-refractivity contribution in [1.82, 2.24) is 4.98 Å². The fourth-order valence-electron chi connectivity index (χ4n) is 3.02. The summed E-state index contributed by atoms with van der Waals surface area (Å²) in [5.41, 5.74) is 1.11. The molecule has 1 fully saturated rings. The Balaban J connectivity index is 0.00000121. The Hall–Kier alpha value is -2.78. The number of methoxy groups -OCH3 is 2. The molecule has 3 rings (SSSR count). The van der Waals surface area contributed by atoms with E-state index in [-0.39, 0.29) is 23.2 Å². The van der Waals surface area contributed by atoms with Gasteiger partial charge in [-0.1, -0.05) is 39.3 Å². The first-order valence-corrected chi connectivity index (χ1v) is 11.0. The van der Waals surface area contributed by atoms with Gasteiger partial charge in [0, 0.05) is 37.3 Å². The van der Waals surface area contributed by atoms with Crippen LogP contribution < -0.4 is 19.7 Å². The number of aromatic nitrogens is 1. The maximum Gasteiger partial charge on any atom is 0.334 e. The van der Waals surface area contributed by atoms with Crippen molar-refractivity contribution in [3.8, 4) is 11.5 Å². The number of hydrogen-bond donors (Lipinski definition) is 1. The number of ether oxygens (including phenoxy) is 3. The van der Waals surface area contributed by atoms with Gasteiger partial charge in [-0.25, -0.2) is 4.98 Å². The first-order valence-electron chi connectivity index (χ1n) is 10.7. The summed E-state index contributed by atoms with van der Waals surface area (Å²) < 4.78 is 15.9. The summed E-state index contributed by atoms with van der Waals surface area (Å²) in [5.74, 6) is 1.36. The van der Waals surface area contributed by atoms with Crippen LogP contribution in [0.1, 0.15) is 33.3 Å². The number of benzene rings is 1. The summed E-state index contributed by atoms with van der Waals surface area (Å²) >= 11 is 6.15. The first kappa shape index (κ1) is 27.3. The fourth-order valence-corrected chi connectivity index (χ4v) is 3.21. The van der Waals surface area contributed by atoms with Crippen molar-refractivity contribution < 1.29 is 19.1 Å². The van der Waals surface area contributed by atoms with Gasteiger partial charge in [-0.3, -0.25) is 10.1 Å². The van der Waals surface area contributed by atoms with Gasteiger partial charge in [-0.05, 0) is 12.1 Å². The molecule has 1 saturated heterocycles. The van der Waals surface area contributed by atoms with Crippen LogP contribution in [0, 0.1) is 10.1 Å². The fraction of sp³-hybridized carbons (Fsp3) is 0.500. The van der Waals surface area contributed by atoms with Crippen LogP contribution in [-0.4, -0.2) is 50.4 Å². The van der Waals surface area contributed by atoms with Crippen LogP contribution in [0.4, 0.5) is 17.2 Å². The van der Waals surface area contributed by atoms with E-state index in [1.54, 1.807) is 26.4 Å². The van der Waals surface area contributed by atoms with Crippen molar-refractivity contribution in [1.29, 1.82) is 0 Å². The molecule has 178 valence electrons. The van der Waals surface area contributed by atoms with Crippen LogP contribution in [0.2, 0.25) is 5.15 Å². The molecule has 0 atom stereocenters. The summed E-state index contributed by atoms with van der Waals surface area (Å²) in [5, 5.41) is 15.0. The number of anilines is 2. The molecule has 1 N–H and O–H groups in total. The van der Waals surface area contributed by atoms with Crippen LogP contribution in [0.5, 0.6) is 11.5 Å². The standard InChI is InChI=1S/C18H21ClN4O5.2C2H6/c1-26-13-4-3-12(15(9-13)27-2)11-20-18-17(23(24)25)14(10-16(19)21-18)22-5-7-28-8-6-22;2*1-2/h3-4,9-10H,5-8,11H2,1-2H3,(H,20,21);2*1-2H3. The van der Waals surface area contributed by atoms with Crippen molar-refractivity contribution in [2.45, 2.75) is 34.2 Å². The molecule has 0 amide bonds. The molecule has 0 aliphatic carbocycles. The van der Waals surface area contributed by atoms with Gasteiger partial charge >= 0.3 is 5.69 Å². The minimum Gasteiger partial charge on any atom is -0.497 e. The topological polar surface area (TPSA) is 99.0 Å². The zero-order valence-electron chi connectivity index (χ0n) is 19.6. The SMILES string of the molecule is CC.CC.COc1ccc(CNc2nc(Cl)cc(N3CCOCC3)c2[N+](=O)[O-])c(OC)c1. The van der Waals surface area contributed by atoms with Gasteiger partial charge in [-0.15, -0.1) is 0 Å². The second-order valence-corrected chi connectivity index (χ2v) is 6.44. The number of rotatable bonds is 7. The molecule has 0 radical (unpaired) electrons. The molecule has 2 heterocycles. The van der Waals surface area contributed by atoms with E-state index < -0.39 is 4.92 Å². The molecule has 10 heteroatoms. The predicted molar refractivity (Wildman–Crippen MR) is 129 cm³/mol. The lowest BCUT2D eigenvalue weighted by atomic mass is 10.2. The third-order valence-electron chi connectivity index (χ3n) is 4.42. The number of pyridine rings is 1. The minimum absolute atomic E-state index is 0.108. The van der Waals surface area contributed by atoms with Gasteiger partial charge in [0.15, 0.2) is 0 Å². The van der Waals surface area contributed by atoms with E-state index in [1.165, 1.54) is 6.07 Å². The second kappa shape index (κ2) is 14.3. The van der Waals surface area contributed by atoms with Gasteiger partial charge in [0.2, 0.25) is 5.82 Å². The molecule has 0 spiro atoms. The predicted octanol–water partition coefficient (Wildman–Crippen LogP) is 5.16. The average molecular weight is 469 g/mol. The number of nitrogens with zero attached hydrogens (tertiary/aromatic N) is 3. The molecule has 0 unspecified atom stereocenters. The number of morpholine rings is 1. The number of halogens is 1. The molecule has 0 bridgehead atoms. The normalized spacial score (nSPS) is 12.5. The first-order chi connectivity index (χ1) is 15.5. The molecular formula is C22H33ClN4O5. The van der Waals surface area contributed by atoms with E-state index in [2.05, 4.69) is 10.3 Å². The highest BCUT2D eigenvalue weighted by Gasteiger charge is 2.27. The van der Waals surface area contributed by atoms with Crippen molar-refractivity contribution in [3.05, 3.63) is 45.1 Å². The summed E-state index contributed by atoms with van der Waals surface area (Å²) in [6.45, 7) is 10.4. The lowest BCUT2D eigenvalue weighted by molar-refractivity contribution is -0.383. The Morgan fingerprint density at radius 3 is 2.38 bits per heavy atom. The molecule has 1 aliphatic heterocycles. The minimum atomic E-state index is -0.443. The van der Waals surface area contributed by atoms with Crippen molar-refractivity contribution >= 4 is 28.8 Å². The Morgan fingerprint density at radius 2 is 1.81 bits per heavy atom. The van der Waals surface area contributed by atoms with Crippen molar-refractivity contribution in [2.75, 3.05) is 50.7 Å². The van der Waals surface area contributed by atoms with E-state index in [1.807, 2.05) is 38.7 Å². The molecular weight excluding hydrogens is 436 g/mol. The number of nitrogens with one attached hydrogen (secondary N) is 1. The van der Waals surface area contributed by atoms with Crippen LogP contribution in [-0.2, 0) is 11.3 Å². The van der Waals surface area contributed by atoms with Gasteiger partial charge in [0.1, 0.15) is 22.3 Å². The Morgan fingerprint density at radius 1 is 1.16 bits per heavy atom. The van der Waals surface area contributed by atoms with Crippen LogP contribution in [0.25, 0.3) is 0 Å². The molecule has 0 saturated carbocycles. The number of hydrogen-bond acceptors (Lipinski definition) is 8.